The average Bonchev–Trinajstić information content (AvgIpc) is 3.16. The third-order valence-corrected chi connectivity index (χ3v) is 6.08. The average molecular weight is 491 g/mol. The summed E-state index contributed by atoms with van der Waals surface area (Å²) in [6.45, 7) is 1.52. The van der Waals surface area contributed by atoms with Crippen molar-refractivity contribution in [1.29, 1.82) is 0 Å². The Morgan fingerprint density at radius 2 is 1.69 bits per heavy atom. The van der Waals surface area contributed by atoms with Crippen LogP contribution in [0, 0.1) is 0 Å². The molecule has 4 rings (SSSR count). The van der Waals surface area contributed by atoms with E-state index in [9.17, 15) is 19.5 Å². The van der Waals surface area contributed by atoms with Crippen LogP contribution >= 0.6 is 11.8 Å². The third kappa shape index (κ3) is 5.17. The molecule has 0 radical (unpaired) electrons. The van der Waals surface area contributed by atoms with Crippen molar-refractivity contribution < 1.29 is 24.2 Å². The minimum atomic E-state index is -1.21. The molecule has 0 saturated heterocycles. The van der Waals surface area contributed by atoms with Gasteiger partial charge in [0.1, 0.15) is 5.65 Å². The second kappa shape index (κ2) is 10.4. The van der Waals surface area contributed by atoms with E-state index in [1.54, 1.807) is 0 Å². The monoisotopic (exact) mass is 490 g/mol. The highest BCUT2D eigenvalue weighted by atomic mass is 32.2. The van der Waals surface area contributed by atoms with E-state index in [0.717, 1.165) is 10.5 Å². The molecule has 4 aromatic rings. The summed E-state index contributed by atoms with van der Waals surface area (Å²) in [6, 6.07) is 19.0. The summed E-state index contributed by atoms with van der Waals surface area (Å²) < 4.78 is 7.34. The molecular formula is C25H22N4O5S. The zero-order chi connectivity index (χ0) is 24.9. The van der Waals surface area contributed by atoms with Crippen molar-refractivity contribution >= 4 is 40.5 Å². The molecule has 0 fully saturated rings. The first-order valence-corrected chi connectivity index (χ1v) is 11.6. The maximum atomic E-state index is 12.9. The van der Waals surface area contributed by atoms with Crippen molar-refractivity contribution in [1.82, 2.24) is 14.5 Å². The van der Waals surface area contributed by atoms with Gasteiger partial charge in [0.2, 0.25) is 5.88 Å². The molecule has 2 aromatic carbocycles. The van der Waals surface area contributed by atoms with Crippen LogP contribution in [0.2, 0.25) is 0 Å². The molecule has 2 heterocycles. The van der Waals surface area contributed by atoms with E-state index in [0.29, 0.717) is 29.5 Å². The summed E-state index contributed by atoms with van der Waals surface area (Å²) >= 11 is 1.26. The summed E-state index contributed by atoms with van der Waals surface area (Å²) in [4.78, 5) is 46.1. The zero-order valence-corrected chi connectivity index (χ0v) is 19.6. The van der Waals surface area contributed by atoms with Gasteiger partial charge in [0.25, 0.3) is 11.7 Å². The molecular weight excluding hydrogens is 468 g/mol. The molecule has 0 saturated carbocycles. The van der Waals surface area contributed by atoms with Gasteiger partial charge in [-0.15, -0.1) is 0 Å². The lowest BCUT2D eigenvalue weighted by Crippen LogP contribution is -2.24. The Kier molecular flexibility index (Phi) is 7.11. The molecule has 0 spiro atoms. The second-order valence-electron chi connectivity index (χ2n) is 7.55. The maximum Gasteiger partial charge on any atom is 0.341 e. The standard InChI is InChI=1S/C25H22N4O5S/c1-2-17-19(21(32)22(26)33)20-23(29(17)13-15-9-5-3-6-10-15)27-25(28-24(20)34-14-18(30)31)35-16-11-7-4-8-12-16/h3-12H,2,13-14H2,1H3,(H2,26,33)(H,30,31). The fourth-order valence-electron chi connectivity index (χ4n) is 3.78. The minimum Gasteiger partial charge on any atom is -0.479 e. The van der Waals surface area contributed by atoms with Crippen LogP contribution in [-0.2, 0) is 22.6 Å². The Balaban J connectivity index is 2.00. The van der Waals surface area contributed by atoms with Crippen molar-refractivity contribution in [3.05, 3.63) is 77.5 Å². The number of nitrogens with zero attached hydrogens (tertiary/aromatic N) is 3. The van der Waals surface area contributed by atoms with E-state index in [1.165, 1.54) is 11.8 Å². The van der Waals surface area contributed by atoms with Crippen LogP contribution in [0.25, 0.3) is 11.0 Å². The van der Waals surface area contributed by atoms with E-state index in [2.05, 4.69) is 4.98 Å². The van der Waals surface area contributed by atoms with Crippen molar-refractivity contribution in [2.45, 2.75) is 29.9 Å². The Morgan fingerprint density at radius 3 is 2.29 bits per heavy atom. The Labute approximate surface area is 204 Å². The highest BCUT2D eigenvalue weighted by Gasteiger charge is 2.30. The predicted molar refractivity (Wildman–Crippen MR) is 130 cm³/mol. The smallest absolute Gasteiger partial charge is 0.341 e. The number of rotatable bonds is 10. The van der Waals surface area contributed by atoms with Gasteiger partial charge >= 0.3 is 5.97 Å². The molecule has 0 unspecified atom stereocenters. The lowest BCUT2D eigenvalue weighted by molar-refractivity contribution is -0.139. The van der Waals surface area contributed by atoms with Crippen LogP contribution in [0.4, 0.5) is 0 Å². The van der Waals surface area contributed by atoms with Crippen LogP contribution in [0.1, 0.15) is 28.5 Å². The normalized spacial score (nSPS) is 10.9. The number of carbonyl (C=O) groups excluding carboxylic acids is 2. The molecule has 2 aromatic heterocycles. The molecule has 1 amide bonds. The number of fused-ring (bicyclic) bond motifs is 1. The first-order valence-electron chi connectivity index (χ1n) is 10.8. The number of aromatic nitrogens is 3. The largest absolute Gasteiger partial charge is 0.479 e. The number of ether oxygens (including phenoxy) is 1. The topological polar surface area (TPSA) is 137 Å². The van der Waals surface area contributed by atoms with Gasteiger partial charge in [-0.2, -0.15) is 4.98 Å². The second-order valence-corrected chi connectivity index (χ2v) is 8.59. The first kappa shape index (κ1) is 24.0. The van der Waals surface area contributed by atoms with Crippen molar-refractivity contribution in [3.63, 3.8) is 0 Å². The number of aliphatic carboxylic acids is 1. The van der Waals surface area contributed by atoms with Crippen molar-refractivity contribution in [2.75, 3.05) is 6.61 Å². The predicted octanol–water partition coefficient (Wildman–Crippen LogP) is 3.32. The third-order valence-electron chi connectivity index (χ3n) is 5.21. The number of hydrogen-bond acceptors (Lipinski definition) is 7. The number of nitrogens with two attached hydrogens (primary N) is 1. The SMILES string of the molecule is CCc1c(C(=O)C(N)=O)c2c(OCC(=O)O)nc(Sc3ccccc3)nc2n1Cc1ccccc1. The molecule has 0 bridgehead atoms. The van der Waals surface area contributed by atoms with Crippen LogP contribution in [0.3, 0.4) is 0 Å². The van der Waals surface area contributed by atoms with Gasteiger partial charge in [-0.1, -0.05) is 55.5 Å². The van der Waals surface area contributed by atoms with Gasteiger partial charge in [-0.05, 0) is 35.9 Å². The van der Waals surface area contributed by atoms with Gasteiger partial charge in [-0.3, -0.25) is 9.59 Å². The van der Waals surface area contributed by atoms with Gasteiger partial charge in [-0.25, -0.2) is 9.78 Å². The lowest BCUT2D eigenvalue weighted by Gasteiger charge is -2.11. The number of benzene rings is 2. The first-order chi connectivity index (χ1) is 16.9. The number of carboxylic acids is 1. The van der Waals surface area contributed by atoms with E-state index in [1.807, 2.05) is 72.2 Å². The molecule has 0 aliphatic heterocycles. The Bertz CT molecular complexity index is 1400. The van der Waals surface area contributed by atoms with Crippen molar-refractivity contribution in [3.8, 4) is 5.88 Å². The van der Waals surface area contributed by atoms with E-state index in [-0.39, 0.29) is 16.8 Å². The number of amides is 1. The number of ketones is 1. The van der Waals surface area contributed by atoms with Crippen molar-refractivity contribution in [2.24, 2.45) is 5.73 Å². The molecule has 0 aliphatic carbocycles. The summed E-state index contributed by atoms with van der Waals surface area (Å²) in [5.74, 6) is -3.35. The van der Waals surface area contributed by atoms with Gasteiger partial charge in [0.05, 0.1) is 10.9 Å². The summed E-state index contributed by atoms with van der Waals surface area (Å²) in [5.41, 5.74) is 7.23. The molecule has 9 nitrogen and oxygen atoms in total. The summed E-state index contributed by atoms with van der Waals surface area (Å²) in [6.07, 6.45) is 0.386. The van der Waals surface area contributed by atoms with Crippen LogP contribution in [0.15, 0.2) is 70.7 Å². The molecule has 0 aliphatic rings. The van der Waals surface area contributed by atoms with Crippen LogP contribution in [-0.4, -0.2) is 43.9 Å². The summed E-state index contributed by atoms with van der Waals surface area (Å²) in [5, 5.41) is 9.67. The molecule has 35 heavy (non-hydrogen) atoms. The van der Waals surface area contributed by atoms with Crippen LogP contribution < -0.4 is 10.5 Å². The molecule has 10 heteroatoms. The van der Waals surface area contributed by atoms with E-state index >= 15 is 0 Å². The lowest BCUT2D eigenvalue weighted by atomic mass is 10.1. The fourth-order valence-corrected chi connectivity index (χ4v) is 4.54. The number of primary amides is 1. The quantitative estimate of drug-likeness (QED) is 0.196. The van der Waals surface area contributed by atoms with Gasteiger partial charge in [0, 0.05) is 17.1 Å². The molecule has 3 N–H and O–H groups in total. The highest BCUT2D eigenvalue weighted by Crippen LogP contribution is 2.36. The van der Waals surface area contributed by atoms with E-state index < -0.39 is 24.3 Å². The van der Waals surface area contributed by atoms with Crippen LogP contribution in [0.5, 0.6) is 5.88 Å². The number of Topliss-reactive ketones (excluding diaryl/α,β-unsaturated/α-hetero) is 1. The maximum absolute atomic E-state index is 12.9. The Morgan fingerprint density at radius 1 is 1.03 bits per heavy atom. The van der Waals surface area contributed by atoms with Gasteiger partial charge < -0.3 is 20.1 Å². The Hall–Kier alpha value is -4.18. The van der Waals surface area contributed by atoms with E-state index in [4.69, 9.17) is 15.5 Å². The fraction of sp³-hybridized carbons (Fsp3) is 0.160. The molecule has 0 atom stereocenters. The zero-order valence-electron chi connectivity index (χ0n) is 18.8. The highest BCUT2D eigenvalue weighted by molar-refractivity contribution is 7.99. The molecule has 178 valence electrons. The van der Waals surface area contributed by atoms with Gasteiger partial charge in [0.15, 0.2) is 11.8 Å². The number of carbonyl (C=O) groups is 3. The minimum absolute atomic E-state index is 0.0302. The summed E-state index contributed by atoms with van der Waals surface area (Å²) in [7, 11) is 0. The number of carboxylic acid groups (broad SMARTS) is 1. The number of hydrogen-bond donors (Lipinski definition) is 2.